The molecule has 0 radical (unpaired) electrons. The topological polar surface area (TPSA) is 64.5 Å². The maximum Gasteiger partial charge on any atom is 0.178 e. The van der Waals surface area contributed by atoms with E-state index in [1.165, 1.54) is 0 Å². The third-order valence-electron chi connectivity index (χ3n) is 5.35. The maximum atomic E-state index is 4.81. The Balaban J connectivity index is 1.27. The van der Waals surface area contributed by atoms with Gasteiger partial charge in [-0.1, -0.05) is 36.4 Å². The van der Waals surface area contributed by atoms with E-state index in [0.29, 0.717) is 5.82 Å². The number of aromatic nitrogens is 5. The number of rotatable bonds is 6. The largest absolute Gasteiger partial charge is 0.251 e. The van der Waals surface area contributed by atoms with Gasteiger partial charge in [-0.3, -0.25) is 9.97 Å². The molecule has 32 heavy (non-hydrogen) atoms. The molecule has 4 heterocycles. The van der Waals surface area contributed by atoms with Crippen LogP contribution in [0.1, 0.15) is 23.5 Å². The summed E-state index contributed by atoms with van der Waals surface area (Å²) in [6.45, 7) is 2.00. The van der Waals surface area contributed by atoms with Crippen molar-refractivity contribution in [1.29, 1.82) is 0 Å². The highest BCUT2D eigenvalue weighted by atomic mass is 14.9. The molecule has 0 saturated carbocycles. The molecular weight excluding hydrogens is 394 g/mol. The lowest BCUT2D eigenvalue weighted by molar-refractivity contribution is 0.782. The van der Waals surface area contributed by atoms with Crippen LogP contribution in [0.2, 0.25) is 0 Å². The van der Waals surface area contributed by atoms with Gasteiger partial charge in [0.1, 0.15) is 5.69 Å². The predicted molar refractivity (Wildman–Crippen MR) is 127 cm³/mol. The second kappa shape index (κ2) is 9.02. The highest BCUT2D eigenvalue weighted by molar-refractivity contribution is 5.79. The van der Waals surface area contributed by atoms with Crippen molar-refractivity contribution >= 4 is 10.9 Å². The van der Waals surface area contributed by atoms with Crippen molar-refractivity contribution in [2.45, 2.75) is 26.2 Å². The Hall–Kier alpha value is -3.99. The quantitative estimate of drug-likeness (QED) is 0.358. The molecule has 0 aliphatic carbocycles. The van der Waals surface area contributed by atoms with Gasteiger partial charge in [-0.25, -0.2) is 15.0 Å². The van der Waals surface area contributed by atoms with E-state index in [1.54, 1.807) is 0 Å². The first-order chi connectivity index (χ1) is 15.7. The average molecular weight is 418 g/mol. The molecule has 5 heteroatoms. The van der Waals surface area contributed by atoms with Crippen molar-refractivity contribution < 1.29 is 0 Å². The average Bonchev–Trinajstić information content (AvgIpc) is 2.84. The summed E-state index contributed by atoms with van der Waals surface area (Å²) in [6.07, 6.45) is 4.58. The Kier molecular flexibility index (Phi) is 5.62. The van der Waals surface area contributed by atoms with Crippen LogP contribution in [0.25, 0.3) is 33.8 Å². The summed E-state index contributed by atoms with van der Waals surface area (Å²) < 4.78 is 0. The minimum atomic E-state index is 0.658. The number of pyridine rings is 3. The summed E-state index contributed by atoms with van der Waals surface area (Å²) in [4.78, 5) is 23.4. The molecule has 0 unspecified atom stereocenters. The number of benzene rings is 1. The number of para-hydroxylation sites is 1. The summed E-state index contributed by atoms with van der Waals surface area (Å²) in [5, 5.41) is 1.03. The van der Waals surface area contributed by atoms with Gasteiger partial charge in [0, 0.05) is 28.7 Å². The normalized spacial score (nSPS) is 11.0. The highest BCUT2D eigenvalue weighted by Crippen LogP contribution is 2.19. The Morgan fingerprint density at radius 3 is 2.03 bits per heavy atom. The Morgan fingerprint density at radius 2 is 1.25 bits per heavy atom. The fourth-order valence-corrected chi connectivity index (χ4v) is 3.74. The van der Waals surface area contributed by atoms with Gasteiger partial charge >= 0.3 is 0 Å². The fourth-order valence-electron chi connectivity index (χ4n) is 3.74. The smallest absolute Gasteiger partial charge is 0.178 e. The number of nitrogens with zero attached hydrogens (tertiary/aromatic N) is 5. The van der Waals surface area contributed by atoms with E-state index in [1.807, 2.05) is 73.8 Å². The van der Waals surface area contributed by atoms with Crippen LogP contribution in [0.3, 0.4) is 0 Å². The second-order valence-corrected chi connectivity index (χ2v) is 7.80. The molecule has 0 fully saturated rings. The summed E-state index contributed by atoms with van der Waals surface area (Å²) >= 11 is 0. The van der Waals surface area contributed by atoms with E-state index in [0.717, 1.165) is 64.3 Å². The SMILES string of the molecule is Cc1cccc(-c2cccc(CCCc3cccc(-c4ncc5ccccc5n4)n3)n2)n1. The molecule has 5 rings (SSSR count). The molecule has 1 aromatic carbocycles. The predicted octanol–water partition coefficient (Wildman–Crippen LogP) is 5.63. The molecule has 0 spiro atoms. The summed E-state index contributed by atoms with van der Waals surface area (Å²) in [5.74, 6) is 0.658. The molecule has 5 nitrogen and oxygen atoms in total. The second-order valence-electron chi connectivity index (χ2n) is 7.80. The van der Waals surface area contributed by atoms with Crippen molar-refractivity contribution in [3.8, 4) is 22.9 Å². The standard InChI is InChI=1S/C27H23N5/c1-19-8-4-15-24(29-19)25-16-6-12-21(30-25)10-5-11-22-13-7-17-26(31-22)27-28-18-20-9-2-3-14-23(20)32-27/h2-4,6-9,12-18H,5,10-11H2,1H3. The van der Waals surface area contributed by atoms with E-state index in [-0.39, 0.29) is 0 Å². The molecule has 0 N–H and O–H groups in total. The third-order valence-corrected chi connectivity index (χ3v) is 5.35. The first kappa shape index (κ1) is 19.9. The molecule has 156 valence electrons. The van der Waals surface area contributed by atoms with Gasteiger partial charge in [-0.2, -0.15) is 0 Å². The van der Waals surface area contributed by atoms with E-state index >= 15 is 0 Å². The minimum absolute atomic E-state index is 0.658. The van der Waals surface area contributed by atoms with Crippen LogP contribution in [0, 0.1) is 6.92 Å². The highest BCUT2D eigenvalue weighted by Gasteiger charge is 2.07. The molecule has 0 amide bonds. The molecule has 0 aliphatic rings. The van der Waals surface area contributed by atoms with Crippen LogP contribution in [-0.4, -0.2) is 24.9 Å². The van der Waals surface area contributed by atoms with Crippen LogP contribution in [-0.2, 0) is 12.8 Å². The minimum Gasteiger partial charge on any atom is -0.251 e. The van der Waals surface area contributed by atoms with Gasteiger partial charge in [0.05, 0.1) is 16.9 Å². The monoisotopic (exact) mass is 417 g/mol. The Morgan fingerprint density at radius 1 is 0.594 bits per heavy atom. The molecule has 4 aromatic heterocycles. The fraction of sp³-hybridized carbons (Fsp3) is 0.148. The van der Waals surface area contributed by atoms with Gasteiger partial charge in [-0.15, -0.1) is 0 Å². The van der Waals surface area contributed by atoms with Gasteiger partial charge in [-0.05, 0) is 68.7 Å². The van der Waals surface area contributed by atoms with Crippen LogP contribution in [0.5, 0.6) is 0 Å². The zero-order chi connectivity index (χ0) is 21.8. The molecule has 0 atom stereocenters. The molecule has 0 aliphatic heterocycles. The van der Waals surface area contributed by atoms with Gasteiger partial charge < -0.3 is 0 Å². The Bertz CT molecular complexity index is 1380. The number of hydrogen-bond acceptors (Lipinski definition) is 5. The third kappa shape index (κ3) is 4.52. The lowest BCUT2D eigenvalue weighted by Crippen LogP contribution is -1.99. The number of hydrogen-bond donors (Lipinski definition) is 0. The first-order valence-electron chi connectivity index (χ1n) is 10.8. The van der Waals surface area contributed by atoms with Gasteiger partial charge in [0.25, 0.3) is 0 Å². The van der Waals surface area contributed by atoms with Crippen molar-refractivity contribution in [3.63, 3.8) is 0 Å². The van der Waals surface area contributed by atoms with Crippen molar-refractivity contribution in [1.82, 2.24) is 24.9 Å². The maximum absolute atomic E-state index is 4.81. The summed E-state index contributed by atoms with van der Waals surface area (Å²) in [6, 6.07) is 26.2. The van der Waals surface area contributed by atoms with Crippen LogP contribution in [0.15, 0.2) is 85.1 Å². The molecule has 0 bridgehead atoms. The van der Waals surface area contributed by atoms with E-state index in [9.17, 15) is 0 Å². The van der Waals surface area contributed by atoms with Crippen molar-refractivity contribution in [3.05, 3.63) is 102 Å². The molecular formula is C27H23N5. The van der Waals surface area contributed by atoms with E-state index < -0.39 is 0 Å². The molecule has 5 aromatic rings. The number of fused-ring (bicyclic) bond motifs is 1. The van der Waals surface area contributed by atoms with Gasteiger partial charge in [0.2, 0.25) is 0 Å². The lowest BCUT2D eigenvalue weighted by Gasteiger charge is -2.06. The summed E-state index contributed by atoms with van der Waals surface area (Å²) in [5.41, 5.74) is 6.67. The van der Waals surface area contributed by atoms with Crippen LogP contribution < -0.4 is 0 Å². The Labute approximate surface area is 187 Å². The zero-order valence-electron chi connectivity index (χ0n) is 17.9. The lowest BCUT2D eigenvalue weighted by atomic mass is 10.1. The number of aryl methyl sites for hydroxylation is 3. The van der Waals surface area contributed by atoms with E-state index in [4.69, 9.17) is 9.97 Å². The zero-order valence-corrected chi connectivity index (χ0v) is 17.9. The van der Waals surface area contributed by atoms with Crippen molar-refractivity contribution in [2.24, 2.45) is 0 Å². The summed E-state index contributed by atoms with van der Waals surface area (Å²) in [7, 11) is 0. The van der Waals surface area contributed by atoms with Gasteiger partial charge in [0.15, 0.2) is 5.82 Å². The van der Waals surface area contributed by atoms with Crippen LogP contribution in [0.4, 0.5) is 0 Å². The van der Waals surface area contributed by atoms with E-state index in [2.05, 4.69) is 33.2 Å². The molecule has 0 saturated heterocycles. The van der Waals surface area contributed by atoms with Crippen LogP contribution >= 0.6 is 0 Å². The van der Waals surface area contributed by atoms with Crippen molar-refractivity contribution in [2.75, 3.05) is 0 Å². The first-order valence-corrected chi connectivity index (χ1v) is 10.8.